The second kappa shape index (κ2) is 5.24. The second-order valence-electron chi connectivity index (χ2n) is 4.04. The smallest absolute Gasteiger partial charge is 0.123 e. The molecule has 2 nitrogen and oxygen atoms in total. The van der Waals surface area contributed by atoms with Crippen LogP contribution in [0.3, 0.4) is 0 Å². The van der Waals surface area contributed by atoms with Crippen LogP contribution in [0.4, 0.5) is 4.39 Å². The molecule has 1 aromatic carbocycles. The highest BCUT2D eigenvalue weighted by atomic mass is 19.1. The van der Waals surface area contributed by atoms with E-state index in [9.17, 15) is 9.50 Å². The van der Waals surface area contributed by atoms with Crippen molar-refractivity contribution in [3.63, 3.8) is 0 Å². The summed E-state index contributed by atoms with van der Waals surface area (Å²) in [6.45, 7) is 2.28. The Balaban J connectivity index is 2.56. The van der Waals surface area contributed by atoms with Crippen LogP contribution in [0.5, 0.6) is 0 Å². The zero-order valence-electron chi connectivity index (χ0n) is 9.16. The van der Waals surface area contributed by atoms with Crippen molar-refractivity contribution in [2.45, 2.75) is 25.4 Å². The maximum Gasteiger partial charge on any atom is 0.123 e. The minimum atomic E-state index is -0.798. The summed E-state index contributed by atoms with van der Waals surface area (Å²) in [6, 6.07) is 6.19. The van der Waals surface area contributed by atoms with Gasteiger partial charge in [0.1, 0.15) is 5.82 Å². The van der Waals surface area contributed by atoms with E-state index in [1.54, 1.807) is 26.2 Å². The van der Waals surface area contributed by atoms with Gasteiger partial charge in [-0.3, -0.25) is 0 Å². The lowest BCUT2D eigenvalue weighted by Gasteiger charge is -2.22. The molecule has 0 bridgehead atoms. The molecule has 1 N–H and O–H groups in total. The quantitative estimate of drug-likeness (QED) is 0.810. The van der Waals surface area contributed by atoms with Crippen LogP contribution >= 0.6 is 0 Å². The number of halogens is 1. The monoisotopic (exact) mass is 212 g/mol. The average molecular weight is 212 g/mol. The van der Waals surface area contributed by atoms with Crippen molar-refractivity contribution in [3.8, 4) is 0 Å². The van der Waals surface area contributed by atoms with Crippen molar-refractivity contribution in [1.82, 2.24) is 0 Å². The molecule has 84 valence electrons. The van der Waals surface area contributed by atoms with Crippen molar-refractivity contribution in [1.29, 1.82) is 0 Å². The molecule has 0 fully saturated rings. The fourth-order valence-electron chi connectivity index (χ4n) is 1.45. The van der Waals surface area contributed by atoms with E-state index < -0.39 is 5.60 Å². The van der Waals surface area contributed by atoms with Gasteiger partial charge in [-0.25, -0.2) is 4.39 Å². The molecular formula is C12H17FO2. The van der Waals surface area contributed by atoms with Gasteiger partial charge in [-0.15, -0.1) is 0 Å². The standard InChI is InChI=1S/C12H17FO2/c1-12(14,7-8-15-2)9-10-3-5-11(13)6-4-10/h3-6,14H,7-9H2,1-2H3. The molecule has 1 rings (SSSR count). The molecule has 0 aromatic heterocycles. The summed E-state index contributed by atoms with van der Waals surface area (Å²) in [5.74, 6) is -0.254. The maximum atomic E-state index is 12.6. The first kappa shape index (κ1) is 12.1. The molecule has 0 amide bonds. The van der Waals surface area contributed by atoms with Gasteiger partial charge in [0, 0.05) is 20.1 Å². The zero-order valence-corrected chi connectivity index (χ0v) is 9.16. The molecule has 0 aliphatic rings. The summed E-state index contributed by atoms with van der Waals surface area (Å²) in [6.07, 6.45) is 1.08. The summed E-state index contributed by atoms with van der Waals surface area (Å²) < 4.78 is 17.6. The van der Waals surface area contributed by atoms with E-state index in [0.29, 0.717) is 19.4 Å². The molecule has 1 unspecified atom stereocenters. The minimum Gasteiger partial charge on any atom is -0.390 e. The van der Waals surface area contributed by atoms with Crippen LogP contribution < -0.4 is 0 Å². The van der Waals surface area contributed by atoms with Gasteiger partial charge in [0.25, 0.3) is 0 Å². The molecule has 0 saturated heterocycles. The number of aliphatic hydroxyl groups is 1. The Labute approximate surface area is 89.7 Å². The zero-order chi connectivity index (χ0) is 11.3. The molecule has 0 aliphatic carbocycles. The predicted molar refractivity (Wildman–Crippen MR) is 57.2 cm³/mol. The van der Waals surface area contributed by atoms with Crippen LogP contribution in [-0.2, 0) is 11.2 Å². The normalized spacial score (nSPS) is 14.9. The Morgan fingerprint density at radius 3 is 2.47 bits per heavy atom. The first-order chi connectivity index (χ1) is 7.03. The highest BCUT2D eigenvalue weighted by Gasteiger charge is 2.20. The number of methoxy groups -OCH3 is 1. The molecule has 1 aromatic rings. The fraction of sp³-hybridized carbons (Fsp3) is 0.500. The van der Waals surface area contributed by atoms with Gasteiger partial charge in [0.2, 0.25) is 0 Å². The number of hydrogen-bond donors (Lipinski definition) is 1. The van der Waals surface area contributed by atoms with Gasteiger partial charge in [-0.1, -0.05) is 12.1 Å². The number of ether oxygens (including phenoxy) is 1. The highest BCUT2D eigenvalue weighted by molar-refractivity contribution is 5.17. The predicted octanol–water partition coefficient (Wildman–Crippen LogP) is 2.16. The van der Waals surface area contributed by atoms with Crippen molar-refractivity contribution < 1.29 is 14.2 Å². The Hall–Kier alpha value is -0.930. The first-order valence-corrected chi connectivity index (χ1v) is 4.99. The lowest BCUT2D eigenvalue weighted by atomic mass is 9.94. The lowest BCUT2D eigenvalue weighted by Crippen LogP contribution is -2.28. The molecule has 3 heteroatoms. The molecule has 15 heavy (non-hydrogen) atoms. The molecule has 0 saturated carbocycles. The highest BCUT2D eigenvalue weighted by Crippen LogP contribution is 2.17. The number of benzene rings is 1. The Morgan fingerprint density at radius 1 is 1.33 bits per heavy atom. The lowest BCUT2D eigenvalue weighted by molar-refractivity contribution is 0.0249. The Kier molecular flexibility index (Phi) is 4.24. The van der Waals surface area contributed by atoms with Gasteiger partial charge < -0.3 is 9.84 Å². The van der Waals surface area contributed by atoms with Gasteiger partial charge in [0.05, 0.1) is 5.60 Å². The van der Waals surface area contributed by atoms with E-state index in [0.717, 1.165) is 5.56 Å². The molecule has 0 heterocycles. The van der Waals surface area contributed by atoms with E-state index in [2.05, 4.69) is 0 Å². The van der Waals surface area contributed by atoms with Crippen molar-refractivity contribution >= 4 is 0 Å². The van der Waals surface area contributed by atoms with Gasteiger partial charge in [-0.2, -0.15) is 0 Å². The fourth-order valence-corrected chi connectivity index (χ4v) is 1.45. The first-order valence-electron chi connectivity index (χ1n) is 4.99. The molecule has 0 radical (unpaired) electrons. The Morgan fingerprint density at radius 2 is 1.93 bits per heavy atom. The van der Waals surface area contributed by atoms with E-state index in [-0.39, 0.29) is 5.82 Å². The molecule has 1 atom stereocenters. The summed E-state index contributed by atoms with van der Waals surface area (Å²) in [7, 11) is 1.61. The second-order valence-corrected chi connectivity index (χ2v) is 4.04. The third-order valence-electron chi connectivity index (χ3n) is 2.34. The van der Waals surface area contributed by atoms with Gasteiger partial charge in [0.15, 0.2) is 0 Å². The van der Waals surface area contributed by atoms with E-state index in [1.165, 1.54) is 12.1 Å². The van der Waals surface area contributed by atoms with E-state index in [1.807, 2.05) is 0 Å². The summed E-state index contributed by atoms with van der Waals surface area (Å²) in [5.41, 5.74) is 0.130. The molecular weight excluding hydrogens is 195 g/mol. The minimum absolute atomic E-state index is 0.254. The van der Waals surface area contributed by atoms with Crippen molar-refractivity contribution in [2.75, 3.05) is 13.7 Å². The van der Waals surface area contributed by atoms with Crippen LogP contribution in [0, 0.1) is 5.82 Å². The van der Waals surface area contributed by atoms with Crippen LogP contribution in [0.15, 0.2) is 24.3 Å². The molecule has 0 spiro atoms. The summed E-state index contributed by atoms with van der Waals surface area (Å²) >= 11 is 0. The number of rotatable bonds is 5. The van der Waals surface area contributed by atoms with Crippen LogP contribution in [0.25, 0.3) is 0 Å². The third-order valence-corrected chi connectivity index (χ3v) is 2.34. The third kappa shape index (κ3) is 4.40. The molecule has 0 aliphatic heterocycles. The van der Waals surface area contributed by atoms with Crippen molar-refractivity contribution in [2.24, 2.45) is 0 Å². The van der Waals surface area contributed by atoms with E-state index >= 15 is 0 Å². The Bertz CT molecular complexity index is 293. The van der Waals surface area contributed by atoms with E-state index in [4.69, 9.17) is 4.74 Å². The largest absolute Gasteiger partial charge is 0.390 e. The van der Waals surface area contributed by atoms with Gasteiger partial charge in [-0.05, 0) is 31.0 Å². The SMILES string of the molecule is COCCC(C)(O)Cc1ccc(F)cc1. The summed E-state index contributed by atoms with van der Waals surface area (Å²) in [5, 5.41) is 9.99. The maximum absolute atomic E-state index is 12.6. The topological polar surface area (TPSA) is 29.5 Å². The van der Waals surface area contributed by atoms with Crippen LogP contribution in [0.1, 0.15) is 18.9 Å². The van der Waals surface area contributed by atoms with Crippen molar-refractivity contribution in [3.05, 3.63) is 35.6 Å². The van der Waals surface area contributed by atoms with Gasteiger partial charge >= 0.3 is 0 Å². The average Bonchev–Trinajstić information content (AvgIpc) is 2.18. The number of hydrogen-bond acceptors (Lipinski definition) is 2. The van der Waals surface area contributed by atoms with Crippen LogP contribution in [0.2, 0.25) is 0 Å². The van der Waals surface area contributed by atoms with Crippen LogP contribution in [-0.4, -0.2) is 24.4 Å². The summed E-state index contributed by atoms with van der Waals surface area (Å²) in [4.78, 5) is 0.